The molecule has 0 aliphatic carbocycles. The van der Waals surface area contributed by atoms with E-state index in [0.717, 1.165) is 16.7 Å². The standard InChI is InChI=1S/C16H13.2C15H11.3CH3.3Y/c1-11-13-7-3-5-9-15(13)12(2)16-10-6-4-8-14(11)16;1-11-5-4-8-14-9-12-6-2-3-7-13(12)10-15(11)14;1-11-6-7-14-9-12-4-2-3-5-13(12)10-15(14)8-11;;;;;;/h3-10H,1H2,2H3;2*2-10H,1H2;3*1H3;;;/q6*-1;;;. The molecule has 0 atom stereocenters. The van der Waals surface area contributed by atoms with Crippen LogP contribution >= 0.6 is 0 Å². The molecule has 0 saturated carbocycles. The molecule has 0 saturated heterocycles. The number of benzene rings is 9. The van der Waals surface area contributed by atoms with Gasteiger partial charge in [0.2, 0.25) is 0 Å². The molecule has 0 bridgehead atoms. The van der Waals surface area contributed by atoms with Crippen LogP contribution in [0.3, 0.4) is 0 Å². The predicted molar refractivity (Wildman–Crippen MR) is 222 cm³/mol. The molecule has 0 aliphatic heterocycles. The molecule has 255 valence electrons. The Hall–Kier alpha value is -2.54. The van der Waals surface area contributed by atoms with E-state index < -0.39 is 0 Å². The fourth-order valence-corrected chi connectivity index (χ4v) is 6.46. The van der Waals surface area contributed by atoms with E-state index in [1.807, 2.05) is 0 Å². The second kappa shape index (κ2) is 21.4. The number of hydrogen-bond acceptors (Lipinski definition) is 0. The van der Waals surface area contributed by atoms with Crippen molar-refractivity contribution in [1.29, 1.82) is 0 Å². The average molecular weight is 900 g/mol. The summed E-state index contributed by atoms with van der Waals surface area (Å²) in [6.45, 7) is 14.4. The van der Waals surface area contributed by atoms with Crippen LogP contribution in [-0.2, 0) is 98.1 Å². The summed E-state index contributed by atoms with van der Waals surface area (Å²) in [5.74, 6) is 0. The zero-order valence-electron chi connectivity index (χ0n) is 30.9. The summed E-state index contributed by atoms with van der Waals surface area (Å²) < 4.78 is 0. The molecule has 0 aromatic heterocycles. The van der Waals surface area contributed by atoms with Gasteiger partial charge in [-0.2, -0.15) is 55.7 Å². The van der Waals surface area contributed by atoms with Crippen molar-refractivity contribution in [3.05, 3.63) is 223 Å². The van der Waals surface area contributed by atoms with Gasteiger partial charge in [-0.15, -0.1) is 46.5 Å². The molecule has 3 radical (unpaired) electrons. The quantitative estimate of drug-likeness (QED) is 0.105. The van der Waals surface area contributed by atoms with Gasteiger partial charge >= 0.3 is 0 Å². The maximum Gasteiger partial charge on any atom is 0 e. The SMILES string of the molecule is [CH2-]c1c2ccccc2c(C)c2ccccc12.[CH2-]c1ccc2cc3ccccc3cc2c1.[CH2-]c1cccc2cc3ccccc3cc12.[CH3-].[CH3-].[CH3-].[Y].[Y].[Y]. The van der Waals surface area contributed by atoms with Crippen LogP contribution in [0.25, 0.3) is 64.6 Å². The van der Waals surface area contributed by atoms with E-state index in [4.69, 9.17) is 0 Å². The second-order valence-electron chi connectivity index (χ2n) is 11.9. The zero-order chi connectivity index (χ0) is 31.6. The molecule has 0 amide bonds. The van der Waals surface area contributed by atoms with Gasteiger partial charge < -0.3 is 22.3 Å². The Bertz CT molecular complexity index is 2400. The van der Waals surface area contributed by atoms with Gasteiger partial charge in [0.05, 0.1) is 0 Å². The van der Waals surface area contributed by atoms with Crippen molar-refractivity contribution in [1.82, 2.24) is 0 Å². The van der Waals surface area contributed by atoms with Gasteiger partial charge in [0.15, 0.2) is 0 Å². The molecular weight excluding hydrogens is 855 g/mol. The maximum atomic E-state index is 4.22. The Kier molecular flexibility index (Phi) is 19.5. The molecule has 0 N–H and O–H groups in total. The molecule has 9 rings (SSSR count). The van der Waals surface area contributed by atoms with Crippen molar-refractivity contribution >= 4 is 64.6 Å². The molecule has 0 nitrogen and oxygen atoms in total. The minimum Gasteiger partial charge on any atom is -0.358 e. The third-order valence-electron chi connectivity index (χ3n) is 8.92. The van der Waals surface area contributed by atoms with E-state index in [9.17, 15) is 0 Å². The van der Waals surface area contributed by atoms with E-state index in [1.165, 1.54) is 70.2 Å². The summed E-state index contributed by atoms with van der Waals surface area (Å²) in [5, 5.41) is 15.4. The van der Waals surface area contributed by atoms with Crippen molar-refractivity contribution in [3.63, 3.8) is 0 Å². The van der Waals surface area contributed by atoms with Crippen LogP contribution < -0.4 is 0 Å². The van der Waals surface area contributed by atoms with Crippen LogP contribution in [0.1, 0.15) is 22.3 Å². The minimum atomic E-state index is 0. The summed E-state index contributed by atoms with van der Waals surface area (Å²) in [6.07, 6.45) is 0. The van der Waals surface area contributed by atoms with Crippen LogP contribution in [0.5, 0.6) is 0 Å². The van der Waals surface area contributed by atoms with Crippen molar-refractivity contribution in [2.75, 3.05) is 0 Å². The zero-order valence-corrected chi connectivity index (χ0v) is 39.4. The Morgan fingerprint density at radius 1 is 0.327 bits per heavy atom. The molecule has 52 heavy (non-hydrogen) atoms. The Balaban J connectivity index is 0.000000369. The van der Waals surface area contributed by atoms with Crippen molar-refractivity contribution in [3.8, 4) is 0 Å². The van der Waals surface area contributed by atoms with Crippen molar-refractivity contribution < 1.29 is 98.1 Å². The van der Waals surface area contributed by atoms with Gasteiger partial charge in [0, 0.05) is 98.1 Å². The Morgan fingerprint density at radius 2 is 0.712 bits per heavy atom. The van der Waals surface area contributed by atoms with Gasteiger partial charge in [-0.1, -0.05) is 130 Å². The van der Waals surface area contributed by atoms with Crippen LogP contribution in [-0.4, -0.2) is 0 Å². The molecule has 0 fully saturated rings. The molecule has 3 heteroatoms. The Morgan fingerprint density at radius 3 is 1.23 bits per heavy atom. The number of rotatable bonds is 0. The van der Waals surface area contributed by atoms with Gasteiger partial charge in [0.1, 0.15) is 0 Å². The van der Waals surface area contributed by atoms with Crippen LogP contribution in [0.15, 0.2) is 158 Å². The summed E-state index contributed by atoms with van der Waals surface area (Å²) in [5.41, 5.74) is 4.64. The summed E-state index contributed by atoms with van der Waals surface area (Å²) in [6, 6.07) is 55.3. The smallest absolute Gasteiger partial charge is 0 e. The third-order valence-corrected chi connectivity index (χ3v) is 8.92. The van der Waals surface area contributed by atoms with Crippen molar-refractivity contribution in [2.45, 2.75) is 6.92 Å². The van der Waals surface area contributed by atoms with E-state index in [-0.39, 0.29) is 120 Å². The third kappa shape index (κ3) is 10.2. The van der Waals surface area contributed by atoms with Gasteiger partial charge in [0.25, 0.3) is 0 Å². The predicted octanol–water partition coefficient (Wildman–Crippen LogP) is 14.2. The minimum absolute atomic E-state index is 0. The van der Waals surface area contributed by atoms with Gasteiger partial charge in [-0.05, 0) is 39.9 Å². The molecule has 0 spiro atoms. The first-order valence-corrected chi connectivity index (χ1v) is 15.7. The van der Waals surface area contributed by atoms with Crippen LogP contribution in [0.4, 0.5) is 0 Å². The second-order valence-corrected chi connectivity index (χ2v) is 11.9. The van der Waals surface area contributed by atoms with Crippen LogP contribution in [0.2, 0.25) is 0 Å². The average Bonchev–Trinajstić information content (AvgIpc) is 3.10. The van der Waals surface area contributed by atoms with Gasteiger partial charge in [-0.25, -0.2) is 0 Å². The van der Waals surface area contributed by atoms with E-state index in [2.05, 4.69) is 185 Å². The molecule has 0 aliphatic rings. The first kappa shape index (κ1) is 47.5. The van der Waals surface area contributed by atoms with Gasteiger partial charge in [-0.3, -0.25) is 0 Å². The number of aryl methyl sites for hydroxylation is 1. The Labute approximate surface area is 387 Å². The largest absolute Gasteiger partial charge is 0.358 e. The summed E-state index contributed by atoms with van der Waals surface area (Å²) in [4.78, 5) is 0. The van der Waals surface area contributed by atoms with E-state index >= 15 is 0 Å². The molecule has 0 heterocycles. The molecule has 9 aromatic rings. The molecular formula is C49H44Y3-6. The monoisotopic (exact) mass is 899 g/mol. The first-order chi connectivity index (χ1) is 22.5. The summed E-state index contributed by atoms with van der Waals surface area (Å²) in [7, 11) is 0. The molecule has 0 unspecified atom stereocenters. The number of hydrogen-bond donors (Lipinski definition) is 0. The number of fused-ring (bicyclic) bond motifs is 6. The van der Waals surface area contributed by atoms with E-state index in [0.29, 0.717) is 0 Å². The normalized spacial score (nSPS) is 9.71. The fourth-order valence-electron chi connectivity index (χ4n) is 6.46. The fraction of sp³-hybridized carbons (Fsp3) is 0.0204. The topological polar surface area (TPSA) is 0 Å². The van der Waals surface area contributed by atoms with Crippen molar-refractivity contribution in [2.24, 2.45) is 0 Å². The van der Waals surface area contributed by atoms with E-state index in [1.54, 1.807) is 0 Å². The van der Waals surface area contributed by atoms with Crippen LogP contribution in [0, 0.1) is 50.0 Å². The summed E-state index contributed by atoms with van der Waals surface area (Å²) >= 11 is 0. The first-order valence-electron chi connectivity index (χ1n) is 15.7. The maximum absolute atomic E-state index is 4.22. The molecule has 9 aromatic carbocycles.